The number of amides is 1. The van der Waals surface area contributed by atoms with Crippen LogP contribution in [0.15, 0.2) is 6.07 Å². The molecule has 2 fully saturated rings. The first-order valence-electron chi connectivity index (χ1n) is 9.31. The Labute approximate surface area is 172 Å². The first-order valence-corrected chi connectivity index (χ1v) is 9.31. The highest BCUT2D eigenvalue weighted by Crippen LogP contribution is 2.40. The van der Waals surface area contributed by atoms with Gasteiger partial charge in [-0.2, -0.15) is 5.10 Å². The fraction of sp³-hybridized carbons (Fsp3) is 0.632. The molecule has 0 aliphatic heterocycles. The summed E-state index contributed by atoms with van der Waals surface area (Å²) in [5.41, 5.74) is 9.37. The van der Waals surface area contributed by atoms with Crippen molar-refractivity contribution in [3.05, 3.63) is 23.0 Å². The molecular formula is C19H29Cl2N5O. The van der Waals surface area contributed by atoms with E-state index in [1.807, 2.05) is 27.0 Å². The summed E-state index contributed by atoms with van der Waals surface area (Å²) in [6.45, 7) is 3.86. The van der Waals surface area contributed by atoms with Gasteiger partial charge in [0.15, 0.2) is 5.65 Å². The second-order valence-corrected chi connectivity index (χ2v) is 7.90. The van der Waals surface area contributed by atoms with E-state index in [-0.39, 0.29) is 36.8 Å². The predicted molar refractivity (Wildman–Crippen MR) is 112 cm³/mol. The molecule has 8 heteroatoms. The van der Waals surface area contributed by atoms with Gasteiger partial charge >= 0.3 is 0 Å². The molecule has 2 atom stereocenters. The largest absolute Gasteiger partial charge is 0.349 e. The molecule has 2 aliphatic carbocycles. The van der Waals surface area contributed by atoms with Crippen molar-refractivity contribution in [1.82, 2.24) is 20.1 Å². The van der Waals surface area contributed by atoms with E-state index in [2.05, 4.69) is 15.4 Å². The molecule has 0 spiro atoms. The fourth-order valence-corrected chi connectivity index (χ4v) is 5.00. The van der Waals surface area contributed by atoms with Gasteiger partial charge in [0, 0.05) is 24.8 Å². The zero-order valence-electron chi connectivity index (χ0n) is 16.1. The highest BCUT2D eigenvalue weighted by Gasteiger charge is 2.40. The molecule has 2 bridgehead atoms. The summed E-state index contributed by atoms with van der Waals surface area (Å²) in [5.74, 6) is 1.03. The standard InChI is InChI=1S/C19H27N5O.2ClH/c1-10-7-15(16-11(2)23-24(3)18(16)21-10)19(25)22-17-12-5-4-6-13(17)9-14(20)8-12;;/h7,12-14,17H,4-6,8-9,20H2,1-3H3,(H,22,25);2*1H. The van der Waals surface area contributed by atoms with Crippen LogP contribution in [-0.2, 0) is 7.05 Å². The van der Waals surface area contributed by atoms with E-state index in [0.29, 0.717) is 23.4 Å². The third-order valence-corrected chi connectivity index (χ3v) is 6.02. The van der Waals surface area contributed by atoms with Gasteiger partial charge in [-0.15, -0.1) is 24.8 Å². The van der Waals surface area contributed by atoms with Crippen molar-refractivity contribution in [3.8, 4) is 0 Å². The Kier molecular flexibility index (Phi) is 6.77. The van der Waals surface area contributed by atoms with Crippen LogP contribution in [0.4, 0.5) is 0 Å². The van der Waals surface area contributed by atoms with Gasteiger partial charge in [0.05, 0.1) is 16.6 Å². The molecule has 0 saturated heterocycles. The molecule has 2 aromatic rings. The lowest BCUT2D eigenvalue weighted by Crippen LogP contribution is -2.53. The number of aryl methyl sites for hydroxylation is 3. The molecule has 0 aromatic carbocycles. The average molecular weight is 414 g/mol. The summed E-state index contributed by atoms with van der Waals surface area (Å²) in [6, 6.07) is 2.43. The number of fused-ring (bicyclic) bond motifs is 3. The monoisotopic (exact) mass is 413 g/mol. The summed E-state index contributed by atoms with van der Waals surface area (Å²) < 4.78 is 1.75. The third-order valence-electron chi connectivity index (χ3n) is 6.02. The molecule has 1 amide bonds. The highest BCUT2D eigenvalue weighted by molar-refractivity contribution is 6.06. The summed E-state index contributed by atoms with van der Waals surface area (Å²) in [6.07, 6.45) is 5.66. The molecule has 4 rings (SSSR count). The lowest BCUT2D eigenvalue weighted by atomic mass is 9.67. The van der Waals surface area contributed by atoms with Crippen LogP contribution in [0.1, 0.15) is 53.8 Å². The Hall–Kier alpha value is -1.37. The Morgan fingerprint density at radius 2 is 1.85 bits per heavy atom. The lowest BCUT2D eigenvalue weighted by molar-refractivity contribution is 0.0757. The topological polar surface area (TPSA) is 85.8 Å². The Balaban J connectivity index is 0.00000131. The quantitative estimate of drug-likeness (QED) is 0.791. The van der Waals surface area contributed by atoms with Gasteiger partial charge in [0.25, 0.3) is 5.91 Å². The van der Waals surface area contributed by atoms with Crippen LogP contribution in [0.5, 0.6) is 0 Å². The number of carbonyl (C=O) groups is 1. The number of hydrogen-bond acceptors (Lipinski definition) is 4. The summed E-state index contributed by atoms with van der Waals surface area (Å²) in [4.78, 5) is 17.7. The van der Waals surface area contributed by atoms with E-state index < -0.39 is 0 Å². The van der Waals surface area contributed by atoms with E-state index in [9.17, 15) is 4.79 Å². The Morgan fingerprint density at radius 1 is 1.22 bits per heavy atom. The van der Waals surface area contributed by atoms with Crippen LogP contribution in [0.3, 0.4) is 0 Å². The van der Waals surface area contributed by atoms with Crippen LogP contribution in [0, 0.1) is 25.7 Å². The molecule has 2 aromatic heterocycles. The molecule has 2 saturated carbocycles. The normalized spacial score (nSPS) is 26.8. The van der Waals surface area contributed by atoms with Gasteiger partial charge < -0.3 is 11.1 Å². The van der Waals surface area contributed by atoms with Gasteiger partial charge in [0.2, 0.25) is 0 Å². The maximum atomic E-state index is 13.1. The molecule has 3 N–H and O–H groups in total. The number of nitrogens with one attached hydrogen (secondary N) is 1. The molecule has 2 heterocycles. The Bertz CT molecular complexity index is 823. The van der Waals surface area contributed by atoms with Crippen molar-refractivity contribution in [2.24, 2.45) is 24.6 Å². The van der Waals surface area contributed by atoms with Gasteiger partial charge in [-0.05, 0) is 57.4 Å². The van der Waals surface area contributed by atoms with Crippen LogP contribution in [-0.4, -0.2) is 32.8 Å². The number of nitrogens with two attached hydrogens (primary N) is 1. The predicted octanol–water partition coefficient (Wildman–Crippen LogP) is 3.06. The number of rotatable bonds is 2. The number of pyridine rings is 1. The molecule has 2 aliphatic rings. The second kappa shape index (κ2) is 8.33. The van der Waals surface area contributed by atoms with Crippen molar-refractivity contribution >= 4 is 41.8 Å². The maximum absolute atomic E-state index is 13.1. The molecule has 150 valence electrons. The van der Waals surface area contributed by atoms with Gasteiger partial charge in [0.1, 0.15) is 0 Å². The van der Waals surface area contributed by atoms with E-state index in [4.69, 9.17) is 5.73 Å². The SMILES string of the molecule is Cc1cc(C(=O)NC2C3CCCC2CC(N)C3)c2c(C)nn(C)c2n1.Cl.Cl. The molecule has 0 radical (unpaired) electrons. The fourth-order valence-electron chi connectivity index (χ4n) is 5.00. The number of hydrogen-bond donors (Lipinski definition) is 2. The number of nitrogens with zero attached hydrogens (tertiary/aromatic N) is 3. The summed E-state index contributed by atoms with van der Waals surface area (Å²) >= 11 is 0. The van der Waals surface area contributed by atoms with Crippen LogP contribution < -0.4 is 11.1 Å². The number of aromatic nitrogens is 3. The minimum atomic E-state index is 0. The minimum Gasteiger partial charge on any atom is -0.349 e. The van der Waals surface area contributed by atoms with Crippen molar-refractivity contribution in [3.63, 3.8) is 0 Å². The van der Waals surface area contributed by atoms with Gasteiger partial charge in [-0.25, -0.2) is 4.98 Å². The molecule has 27 heavy (non-hydrogen) atoms. The molecule has 6 nitrogen and oxygen atoms in total. The second-order valence-electron chi connectivity index (χ2n) is 7.90. The smallest absolute Gasteiger partial charge is 0.252 e. The van der Waals surface area contributed by atoms with Crippen LogP contribution in [0.2, 0.25) is 0 Å². The van der Waals surface area contributed by atoms with E-state index in [0.717, 1.165) is 35.3 Å². The van der Waals surface area contributed by atoms with E-state index in [1.54, 1.807) is 4.68 Å². The number of carbonyl (C=O) groups excluding carboxylic acids is 1. The van der Waals surface area contributed by atoms with Crippen LogP contribution in [0.25, 0.3) is 11.0 Å². The van der Waals surface area contributed by atoms with Crippen molar-refractivity contribution in [2.75, 3.05) is 0 Å². The average Bonchev–Trinajstić information content (AvgIpc) is 2.82. The Morgan fingerprint density at radius 3 is 2.48 bits per heavy atom. The first kappa shape index (κ1) is 21.9. The van der Waals surface area contributed by atoms with Crippen molar-refractivity contribution in [1.29, 1.82) is 0 Å². The van der Waals surface area contributed by atoms with Crippen LogP contribution >= 0.6 is 24.8 Å². The first-order chi connectivity index (χ1) is 11.9. The third kappa shape index (κ3) is 3.93. The maximum Gasteiger partial charge on any atom is 0.252 e. The summed E-state index contributed by atoms with van der Waals surface area (Å²) in [5, 5.41) is 8.66. The van der Waals surface area contributed by atoms with Crippen molar-refractivity contribution < 1.29 is 4.79 Å². The zero-order chi connectivity index (χ0) is 17.7. The summed E-state index contributed by atoms with van der Waals surface area (Å²) in [7, 11) is 1.87. The van der Waals surface area contributed by atoms with E-state index >= 15 is 0 Å². The van der Waals surface area contributed by atoms with Gasteiger partial charge in [-0.1, -0.05) is 6.42 Å². The van der Waals surface area contributed by atoms with E-state index in [1.165, 1.54) is 19.3 Å². The molecule has 2 unspecified atom stereocenters. The van der Waals surface area contributed by atoms with Gasteiger partial charge in [-0.3, -0.25) is 9.48 Å². The number of halogens is 2. The minimum absolute atomic E-state index is 0. The van der Waals surface area contributed by atoms with Crippen molar-refractivity contribution in [2.45, 2.75) is 58.0 Å². The zero-order valence-corrected chi connectivity index (χ0v) is 17.7. The highest BCUT2D eigenvalue weighted by atomic mass is 35.5. The molecular weight excluding hydrogens is 385 g/mol. The lowest BCUT2D eigenvalue weighted by Gasteiger charge is -2.45.